The highest BCUT2D eigenvalue weighted by Gasteiger charge is 2.19. The van der Waals surface area contributed by atoms with E-state index in [1.165, 1.54) is 45.8 Å². The predicted octanol–water partition coefficient (Wildman–Crippen LogP) is 2.46. The second-order valence-electron chi connectivity index (χ2n) is 6.62. The molecule has 0 radical (unpaired) electrons. The summed E-state index contributed by atoms with van der Waals surface area (Å²) < 4.78 is 17.5. The molecule has 0 unspecified atom stereocenters. The number of nitro benzene ring substituents is 1. The molecule has 0 fully saturated rings. The summed E-state index contributed by atoms with van der Waals surface area (Å²) in [6, 6.07) is 11.5. The third-order valence-corrected chi connectivity index (χ3v) is 4.76. The number of fused-ring (bicyclic) bond motifs is 1. The first-order valence-corrected chi connectivity index (χ1v) is 9.10. The van der Waals surface area contributed by atoms with E-state index in [-0.39, 0.29) is 35.6 Å². The maximum Gasteiger partial charge on any atom is 0.337 e. The predicted molar refractivity (Wildman–Crippen MR) is 107 cm³/mol. The summed E-state index contributed by atoms with van der Waals surface area (Å²) in [5.41, 5.74) is -0.158. The van der Waals surface area contributed by atoms with Crippen LogP contribution in [0.4, 0.5) is 10.1 Å². The molecule has 0 atom stereocenters. The van der Waals surface area contributed by atoms with Gasteiger partial charge < -0.3 is 4.57 Å². The van der Waals surface area contributed by atoms with E-state index in [1.54, 1.807) is 25.1 Å². The van der Waals surface area contributed by atoms with Gasteiger partial charge in [0.05, 0.1) is 16.9 Å². The molecule has 0 spiro atoms. The number of non-ortho nitro benzene ring substituents is 1. The van der Waals surface area contributed by atoms with Crippen molar-refractivity contribution in [2.45, 2.75) is 20.0 Å². The smallest absolute Gasteiger partial charge is 0.320 e. The summed E-state index contributed by atoms with van der Waals surface area (Å²) >= 11 is 0. The van der Waals surface area contributed by atoms with Crippen LogP contribution in [0.3, 0.4) is 0 Å². The number of hydrogen-bond acceptors (Lipinski definition) is 5. The van der Waals surface area contributed by atoms with Crippen LogP contribution < -0.4 is 11.2 Å². The van der Waals surface area contributed by atoms with E-state index in [0.29, 0.717) is 5.56 Å². The summed E-state index contributed by atoms with van der Waals surface area (Å²) in [5.74, 6) is -0.530. The standard InChI is InChI=1S/C20H16FN5O4/c1-2-24-19(27)17-18(25(20(24)28)15-7-4-6-14(21)10-15)22-12-23(17)11-13-5-3-8-16(9-13)26(29)30/h3-10,12H,2,11H2,1H3. The number of nitrogens with zero attached hydrogens (tertiary/aromatic N) is 5. The van der Waals surface area contributed by atoms with Crippen LogP contribution in [0.1, 0.15) is 12.5 Å². The molecule has 152 valence electrons. The number of nitro groups is 1. The zero-order chi connectivity index (χ0) is 21.4. The van der Waals surface area contributed by atoms with E-state index in [4.69, 9.17) is 0 Å². The minimum atomic E-state index is -0.624. The zero-order valence-corrected chi connectivity index (χ0v) is 15.9. The average molecular weight is 409 g/mol. The normalized spacial score (nSPS) is 11.1. The van der Waals surface area contributed by atoms with Gasteiger partial charge in [-0.1, -0.05) is 18.2 Å². The highest BCUT2D eigenvalue weighted by molar-refractivity contribution is 5.72. The van der Waals surface area contributed by atoms with E-state index in [2.05, 4.69) is 4.98 Å². The monoisotopic (exact) mass is 409 g/mol. The Kier molecular flexibility index (Phi) is 4.74. The zero-order valence-electron chi connectivity index (χ0n) is 15.9. The molecule has 9 nitrogen and oxygen atoms in total. The number of benzene rings is 2. The SMILES string of the molecule is CCn1c(=O)c2c(ncn2Cc2cccc([N+](=O)[O-])c2)n(-c2cccc(F)c2)c1=O. The van der Waals surface area contributed by atoms with Gasteiger partial charge in [0.2, 0.25) is 0 Å². The van der Waals surface area contributed by atoms with E-state index in [9.17, 15) is 24.1 Å². The van der Waals surface area contributed by atoms with Crippen LogP contribution in [0.15, 0.2) is 64.4 Å². The van der Waals surface area contributed by atoms with Crippen molar-refractivity contribution in [2.75, 3.05) is 0 Å². The van der Waals surface area contributed by atoms with Crippen LogP contribution >= 0.6 is 0 Å². The Morgan fingerprint density at radius 1 is 1.13 bits per heavy atom. The van der Waals surface area contributed by atoms with Crippen LogP contribution in [0.25, 0.3) is 16.9 Å². The van der Waals surface area contributed by atoms with E-state index in [1.807, 2.05) is 0 Å². The molecule has 2 aromatic carbocycles. The van der Waals surface area contributed by atoms with Crippen molar-refractivity contribution >= 4 is 16.9 Å². The molecule has 0 aliphatic carbocycles. The van der Waals surface area contributed by atoms with Crippen LogP contribution in [-0.4, -0.2) is 23.6 Å². The highest BCUT2D eigenvalue weighted by atomic mass is 19.1. The molecular weight excluding hydrogens is 393 g/mol. The van der Waals surface area contributed by atoms with Crippen molar-refractivity contribution in [3.05, 3.63) is 97.2 Å². The molecule has 0 aliphatic rings. The van der Waals surface area contributed by atoms with Gasteiger partial charge in [-0.15, -0.1) is 0 Å². The summed E-state index contributed by atoms with van der Waals surface area (Å²) in [4.78, 5) is 40.7. The largest absolute Gasteiger partial charge is 0.337 e. The molecular formula is C20H16FN5O4. The van der Waals surface area contributed by atoms with Gasteiger partial charge in [-0.3, -0.25) is 19.5 Å². The molecule has 0 bridgehead atoms. The number of hydrogen-bond donors (Lipinski definition) is 0. The summed E-state index contributed by atoms with van der Waals surface area (Å²) in [6.45, 7) is 1.91. The molecule has 4 aromatic rings. The van der Waals surface area contributed by atoms with E-state index < -0.39 is 22.0 Å². The lowest BCUT2D eigenvalue weighted by Gasteiger charge is -2.11. The van der Waals surface area contributed by atoms with Crippen LogP contribution in [0, 0.1) is 15.9 Å². The Morgan fingerprint density at radius 3 is 2.60 bits per heavy atom. The fourth-order valence-corrected chi connectivity index (χ4v) is 3.39. The lowest BCUT2D eigenvalue weighted by molar-refractivity contribution is -0.384. The van der Waals surface area contributed by atoms with Gasteiger partial charge in [0.25, 0.3) is 11.2 Å². The van der Waals surface area contributed by atoms with Gasteiger partial charge >= 0.3 is 5.69 Å². The van der Waals surface area contributed by atoms with Crippen molar-refractivity contribution < 1.29 is 9.31 Å². The first-order chi connectivity index (χ1) is 14.4. The van der Waals surface area contributed by atoms with Crippen molar-refractivity contribution in [1.82, 2.24) is 18.7 Å². The number of rotatable bonds is 5. The Morgan fingerprint density at radius 2 is 1.90 bits per heavy atom. The van der Waals surface area contributed by atoms with Crippen molar-refractivity contribution in [3.8, 4) is 5.69 Å². The van der Waals surface area contributed by atoms with Crippen LogP contribution in [0.5, 0.6) is 0 Å². The highest BCUT2D eigenvalue weighted by Crippen LogP contribution is 2.18. The van der Waals surface area contributed by atoms with Crippen molar-refractivity contribution in [1.29, 1.82) is 0 Å². The average Bonchev–Trinajstić information content (AvgIpc) is 3.12. The second kappa shape index (κ2) is 7.39. The van der Waals surface area contributed by atoms with Crippen molar-refractivity contribution in [3.63, 3.8) is 0 Å². The molecule has 0 saturated carbocycles. The Hall–Kier alpha value is -4.08. The second-order valence-corrected chi connectivity index (χ2v) is 6.62. The molecule has 0 saturated heterocycles. The van der Waals surface area contributed by atoms with Gasteiger partial charge in [0, 0.05) is 25.2 Å². The van der Waals surface area contributed by atoms with Crippen LogP contribution in [-0.2, 0) is 13.1 Å². The van der Waals surface area contributed by atoms with Crippen molar-refractivity contribution in [2.24, 2.45) is 0 Å². The number of imidazole rings is 1. The van der Waals surface area contributed by atoms with E-state index >= 15 is 0 Å². The summed E-state index contributed by atoms with van der Waals surface area (Å²) in [7, 11) is 0. The van der Waals surface area contributed by atoms with Gasteiger partial charge in [0.15, 0.2) is 11.2 Å². The maximum atomic E-state index is 13.8. The third kappa shape index (κ3) is 3.17. The Balaban J connectivity index is 1.95. The summed E-state index contributed by atoms with van der Waals surface area (Å²) in [6.07, 6.45) is 1.39. The van der Waals surface area contributed by atoms with Gasteiger partial charge in [0.1, 0.15) is 5.82 Å². The molecule has 2 heterocycles. The summed E-state index contributed by atoms with van der Waals surface area (Å²) in [5, 5.41) is 11.0. The lowest BCUT2D eigenvalue weighted by Crippen LogP contribution is -2.39. The Bertz CT molecular complexity index is 1400. The first kappa shape index (κ1) is 19.2. The maximum absolute atomic E-state index is 13.8. The number of halogens is 1. The molecule has 10 heteroatoms. The molecule has 2 aromatic heterocycles. The minimum absolute atomic E-state index is 0.0699. The molecule has 0 aliphatic heterocycles. The van der Waals surface area contributed by atoms with Gasteiger partial charge in [-0.25, -0.2) is 18.7 Å². The fourth-order valence-electron chi connectivity index (χ4n) is 3.39. The number of aromatic nitrogens is 4. The quantitative estimate of drug-likeness (QED) is 0.372. The van der Waals surface area contributed by atoms with Gasteiger partial charge in [-0.05, 0) is 30.7 Å². The third-order valence-electron chi connectivity index (χ3n) is 4.76. The molecule has 4 rings (SSSR count). The topological polar surface area (TPSA) is 105 Å². The minimum Gasteiger partial charge on any atom is -0.320 e. The lowest BCUT2D eigenvalue weighted by atomic mass is 10.2. The fraction of sp³-hybridized carbons (Fsp3) is 0.150. The van der Waals surface area contributed by atoms with Crippen LogP contribution in [0.2, 0.25) is 0 Å². The first-order valence-electron chi connectivity index (χ1n) is 9.10. The van der Waals surface area contributed by atoms with Gasteiger partial charge in [-0.2, -0.15) is 0 Å². The molecule has 0 amide bonds. The molecule has 30 heavy (non-hydrogen) atoms. The van der Waals surface area contributed by atoms with E-state index in [0.717, 1.165) is 4.57 Å². The molecule has 0 N–H and O–H groups in total. The Labute approximate surface area is 168 Å².